The van der Waals surface area contributed by atoms with E-state index < -0.39 is 20.8 Å². The summed E-state index contributed by atoms with van der Waals surface area (Å²) in [6.45, 7) is 26.9. The number of hydrogen-bond acceptors (Lipinski definition) is 0. The molecule has 0 saturated carbocycles. The van der Waals surface area contributed by atoms with Crippen molar-refractivity contribution in [3.05, 3.63) is 131 Å². The first-order valence-corrected chi connectivity index (χ1v) is 27.1. The van der Waals surface area contributed by atoms with Crippen molar-refractivity contribution >= 4 is 48.1 Å². The number of hydrogen-bond donors (Lipinski definition) is 0. The fourth-order valence-corrected chi connectivity index (χ4v) is 6.48. The molecule has 0 aliphatic carbocycles. The standard InChI is InChI=1S/C24H29.C22H25.C2H6Si.2ClH.Zr/c1-6-7-8-18-11-14-21(23-16-17(2)15-22(18)23)19-9-12-20(13-10-19)24(3,4)5;1-15(2)18-13-17-7-6-8-20(21(17)14-18)16-9-11-19(12-10-16)22(3,4)5;1-3-2;;;/h9-16H,6-8H2,1-5H3;6-15H,1-5H3;1-2H3;2*1H;/q2*-1;;;;+4/p-2. The number of fused-ring (bicyclic) bond motifs is 2. The summed E-state index contributed by atoms with van der Waals surface area (Å²) in [4.78, 5) is 0. The molecule has 6 rings (SSSR count). The van der Waals surface area contributed by atoms with Crippen LogP contribution in [0.3, 0.4) is 0 Å². The molecule has 0 aliphatic heterocycles. The zero-order chi connectivity index (χ0) is 38.6. The van der Waals surface area contributed by atoms with E-state index in [1.54, 1.807) is 0 Å². The monoisotopic (exact) mass is 824 g/mol. The van der Waals surface area contributed by atoms with E-state index in [0.29, 0.717) is 5.92 Å². The average molecular weight is 827 g/mol. The molecule has 0 bridgehead atoms. The van der Waals surface area contributed by atoms with Gasteiger partial charge in [-0.3, -0.25) is 0 Å². The van der Waals surface area contributed by atoms with Crippen molar-refractivity contribution in [3.63, 3.8) is 0 Å². The summed E-state index contributed by atoms with van der Waals surface area (Å²) in [7, 11) is 11.0. The predicted octanol–water partition coefficient (Wildman–Crippen LogP) is 16.0. The molecule has 0 atom stereocenters. The molecular formula is C48H60Cl2SiZr. The van der Waals surface area contributed by atoms with Crippen molar-refractivity contribution in [2.45, 2.75) is 118 Å². The van der Waals surface area contributed by atoms with Gasteiger partial charge in [0.15, 0.2) is 0 Å². The Morgan fingerprint density at radius 2 is 1.19 bits per heavy atom. The molecule has 0 amide bonds. The summed E-state index contributed by atoms with van der Waals surface area (Å²) in [6.07, 6.45) is 3.69. The molecule has 0 heterocycles. The minimum atomic E-state index is -0.826. The molecule has 0 aliphatic rings. The minimum absolute atomic E-state index is 0.203. The molecule has 0 N–H and O–H groups in total. The van der Waals surface area contributed by atoms with Gasteiger partial charge in [0.25, 0.3) is 0 Å². The molecule has 0 fully saturated rings. The first-order chi connectivity index (χ1) is 24.6. The van der Waals surface area contributed by atoms with Crippen LogP contribution in [0.15, 0.2) is 103 Å². The van der Waals surface area contributed by atoms with Crippen molar-refractivity contribution in [3.8, 4) is 22.3 Å². The van der Waals surface area contributed by atoms with Gasteiger partial charge < -0.3 is 0 Å². The second-order valence-electron chi connectivity index (χ2n) is 16.2. The number of aryl methyl sites for hydroxylation is 2. The van der Waals surface area contributed by atoms with Gasteiger partial charge in [-0.2, -0.15) is 12.1 Å². The van der Waals surface area contributed by atoms with Gasteiger partial charge in [0.2, 0.25) is 0 Å². The van der Waals surface area contributed by atoms with E-state index in [1.165, 1.54) is 90.9 Å². The molecule has 4 heteroatoms. The van der Waals surface area contributed by atoms with Crippen LogP contribution < -0.4 is 0 Å². The molecule has 6 aromatic rings. The van der Waals surface area contributed by atoms with E-state index in [0.717, 1.165) is 9.52 Å². The summed E-state index contributed by atoms with van der Waals surface area (Å²) in [6, 6.07) is 38.8. The summed E-state index contributed by atoms with van der Waals surface area (Å²) in [5, 5.41) is 5.57. The number of benzene rings is 4. The molecule has 6 aromatic carbocycles. The topological polar surface area (TPSA) is 0 Å². The van der Waals surface area contributed by atoms with E-state index in [-0.39, 0.29) is 10.8 Å². The zero-order valence-corrected chi connectivity index (χ0v) is 38.7. The molecule has 0 saturated heterocycles. The maximum absolute atomic E-state index is 4.93. The van der Waals surface area contributed by atoms with Crippen molar-refractivity contribution in [1.82, 2.24) is 0 Å². The van der Waals surface area contributed by atoms with Crippen LogP contribution in [0.4, 0.5) is 0 Å². The second kappa shape index (κ2) is 20.5. The number of halogens is 2. The van der Waals surface area contributed by atoms with E-state index in [2.05, 4.69) is 185 Å². The fraction of sp³-hybridized carbons (Fsp3) is 0.375. The van der Waals surface area contributed by atoms with Crippen LogP contribution in [0.25, 0.3) is 43.8 Å². The van der Waals surface area contributed by atoms with Gasteiger partial charge in [0.05, 0.1) is 0 Å². The first-order valence-electron chi connectivity index (χ1n) is 18.7. The first kappa shape index (κ1) is 44.2. The third-order valence-electron chi connectivity index (χ3n) is 9.48. The molecular weight excluding hydrogens is 767 g/mol. The molecule has 52 heavy (non-hydrogen) atoms. The Labute approximate surface area is 338 Å². The number of unbranched alkanes of at least 4 members (excludes halogenated alkanes) is 1. The van der Waals surface area contributed by atoms with Gasteiger partial charge in [-0.15, -0.1) is 68.6 Å². The molecule has 274 valence electrons. The van der Waals surface area contributed by atoms with Gasteiger partial charge in [-0.05, 0) is 39.0 Å². The Hall–Kier alpha value is -2.22. The van der Waals surface area contributed by atoms with Gasteiger partial charge in [-0.1, -0.05) is 173 Å². The van der Waals surface area contributed by atoms with Crippen molar-refractivity contribution in [1.29, 1.82) is 0 Å². The SMILES string of the molecule is CC(C)c1cc2c(-c3ccc(C(C)(C)C)cc3)cccc2[cH-]1.CCCCc1ccc(-c2ccc(C(C)(C)C)cc2)c2cc(C)[cH-]c12.C[Si]C.[Cl][Zr+2][Cl]. The Morgan fingerprint density at radius 3 is 1.65 bits per heavy atom. The summed E-state index contributed by atoms with van der Waals surface area (Å²) in [5.41, 5.74) is 12.8. The van der Waals surface area contributed by atoms with Gasteiger partial charge in [-0.25, -0.2) is 0 Å². The zero-order valence-electron chi connectivity index (χ0n) is 33.8. The Bertz CT molecular complexity index is 1940. The normalized spacial score (nSPS) is 11.3. The summed E-state index contributed by atoms with van der Waals surface area (Å²) < 4.78 is 0. The summed E-state index contributed by atoms with van der Waals surface area (Å²) >= 11 is -0.826. The van der Waals surface area contributed by atoms with Crippen LogP contribution in [0, 0.1) is 6.92 Å². The Kier molecular flexibility index (Phi) is 17.4. The van der Waals surface area contributed by atoms with Crippen molar-refractivity contribution in [2.75, 3.05) is 0 Å². The Morgan fingerprint density at radius 1 is 0.692 bits per heavy atom. The maximum atomic E-state index is 4.93. The quantitative estimate of drug-likeness (QED) is 0.116. The summed E-state index contributed by atoms with van der Waals surface area (Å²) in [5.74, 6) is 0.573. The Balaban J connectivity index is 0.000000244. The van der Waals surface area contributed by atoms with Gasteiger partial charge >= 0.3 is 37.9 Å². The molecule has 0 nitrogen and oxygen atoms in total. The predicted molar refractivity (Wildman–Crippen MR) is 234 cm³/mol. The van der Waals surface area contributed by atoms with Crippen molar-refractivity contribution < 1.29 is 20.8 Å². The van der Waals surface area contributed by atoms with Gasteiger partial charge in [0.1, 0.15) is 0 Å². The van der Waals surface area contributed by atoms with E-state index in [9.17, 15) is 0 Å². The van der Waals surface area contributed by atoms with Crippen LogP contribution in [0.2, 0.25) is 13.1 Å². The van der Waals surface area contributed by atoms with Gasteiger partial charge in [0, 0.05) is 9.52 Å². The molecule has 2 radical (unpaired) electrons. The molecule has 0 aromatic heterocycles. The van der Waals surface area contributed by atoms with Crippen LogP contribution in [-0.4, -0.2) is 9.52 Å². The van der Waals surface area contributed by atoms with Crippen LogP contribution in [0.1, 0.15) is 109 Å². The number of rotatable bonds is 6. The van der Waals surface area contributed by atoms with Crippen LogP contribution in [-0.2, 0) is 38.1 Å². The third-order valence-corrected chi connectivity index (χ3v) is 9.48. The van der Waals surface area contributed by atoms with Crippen LogP contribution >= 0.6 is 17.0 Å². The molecule has 0 unspecified atom stereocenters. The van der Waals surface area contributed by atoms with E-state index >= 15 is 0 Å². The van der Waals surface area contributed by atoms with E-state index in [1.807, 2.05) is 0 Å². The van der Waals surface area contributed by atoms with Crippen LogP contribution in [0.5, 0.6) is 0 Å². The molecule has 0 spiro atoms. The van der Waals surface area contributed by atoms with Crippen molar-refractivity contribution in [2.24, 2.45) is 0 Å². The average Bonchev–Trinajstić information content (AvgIpc) is 3.72. The second-order valence-corrected chi connectivity index (χ2v) is 20.9. The fourth-order valence-electron chi connectivity index (χ4n) is 6.48. The van der Waals surface area contributed by atoms with E-state index in [4.69, 9.17) is 17.0 Å². The third kappa shape index (κ3) is 12.1.